The number of benzene rings is 2. The second-order valence-corrected chi connectivity index (χ2v) is 5.50. The van der Waals surface area contributed by atoms with Gasteiger partial charge in [0.1, 0.15) is 18.5 Å². The van der Waals surface area contributed by atoms with Crippen LogP contribution in [0.4, 0.5) is 15.8 Å². The molecular weight excluding hydrogens is 325 g/mol. The predicted octanol–water partition coefficient (Wildman–Crippen LogP) is 1.87. The summed E-state index contributed by atoms with van der Waals surface area (Å²) in [6, 6.07) is 12.2. The minimum atomic E-state index is -0.597. The average molecular weight is 345 g/mol. The predicted molar refractivity (Wildman–Crippen MR) is 93.5 cm³/mol. The van der Waals surface area contributed by atoms with E-state index >= 15 is 0 Å². The zero-order valence-corrected chi connectivity index (χ0v) is 13.8. The van der Waals surface area contributed by atoms with Crippen LogP contribution < -0.4 is 16.0 Å². The van der Waals surface area contributed by atoms with Crippen LogP contribution in [0.3, 0.4) is 0 Å². The van der Waals surface area contributed by atoms with E-state index in [0.717, 1.165) is 5.56 Å². The third-order valence-electron chi connectivity index (χ3n) is 3.45. The molecule has 0 aliphatic heterocycles. The molecule has 0 unspecified atom stereocenters. The second kappa shape index (κ2) is 8.79. The fourth-order valence-electron chi connectivity index (χ4n) is 2.15. The summed E-state index contributed by atoms with van der Waals surface area (Å²) in [5.74, 6) is -1.05. The number of rotatable bonds is 7. The number of nitrogens with one attached hydrogen (secondary N) is 3. The summed E-state index contributed by atoms with van der Waals surface area (Å²) in [4.78, 5) is 23.3. The van der Waals surface area contributed by atoms with Crippen molar-refractivity contribution in [2.75, 3.05) is 17.2 Å². The molecule has 0 heterocycles. The Labute approximate surface area is 145 Å². The lowest BCUT2D eigenvalue weighted by molar-refractivity contribution is -0.121. The zero-order valence-electron chi connectivity index (χ0n) is 13.8. The molecule has 7 heteroatoms. The summed E-state index contributed by atoms with van der Waals surface area (Å²) in [6.07, 6.45) is 0. The molecule has 132 valence electrons. The maximum absolute atomic E-state index is 12.9. The van der Waals surface area contributed by atoms with Gasteiger partial charge in [0.15, 0.2) is 0 Å². The summed E-state index contributed by atoms with van der Waals surface area (Å²) in [7, 11) is 0. The fraction of sp³-hybridized carbons (Fsp3) is 0.222. The van der Waals surface area contributed by atoms with Gasteiger partial charge in [0.2, 0.25) is 11.8 Å². The molecule has 25 heavy (non-hydrogen) atoms. The number of anilines is 2. The third kappa shape index (κ3) is 5.89. The molecule has 1 atom stereocenters. The normalized spacial score (nSPS) is 11.5. The lowest BCUT2D eigenvalue weighted by atomic mass is 10.2. The lowest BCUT2D eigenvalue weighted by Gasteiger charge is -2.16. The summed E-state index contributed by atoms with van der Waals surface area (Å²) >= 11 is 0. The molecule has 0 aliphatic rings. The molecule has 0 saturated heterocycles. The van der Waals surface area contributed by atoms with Gasteiger partial charge < -0.3 is 21.1 Å². The topological polar surface area (TPSA) is 90.5 Å². The molecular formula is C18H20FN3O3. The van der Waals surface area contributed by atoms with E-state index in [2.05, 4.69) is 16.0 Å². The minimum absolute atomic E-state index is 0.214. The first-order chi connectivity index (χ1) is 12.0. The zero-order chi connectivity index (χ0) is 18.2. The summed E-state index contributed by atoms with van der Waals surface area (Å²) in [5, 5.41) is 17.1. The van der Waals surface area contributed by atoms with Crippen molar-refractivity contribution in [3.8, 4) is 0 Å². The van der Waals surface area contributed by atoms with Gasteiger partial charge in [-0.25, -0.2) is 4.39 Å². The molecule has 2 aromatic carbocycles. The molecule has 0 aliphatic carbocycles. The Balaban J connectivity index is 1.88. The van der Waals surface area contributed by atoms with Crippen LogP contribution in [0.2, 0.25) is 0 Å². The first-order valence-electron chi connectivity index (χ1n) is 7.77. The highest BCUT2D eigenvalue weighted by atomic mass is 19.1. The molecule has 0 spiro atoms. The highest BCUT2D eigenvalue weighted by Gasteiger charge is 2.12. The van der Waals surface area contributed by atoms with E-state index in [0.29, 0.717) is 17.9 Å². The molecule has 6 nitrogen and oxygen atoms in total. The van der Waals surface area contributed by atoms with Gasteiger partial charge in [0.05, 0.1) is 0 Å². The van der Waals surface area contributed by atoms with E-state index in [1.54, 1.807) is 43.3 Å². The SMILES string of the molecule is C[C@H](Nc1cccc(NC(=O)CO)c1)C(=O)NCc1ccc(F)cc1. The van der Waals surface area contributed by atoms with E-state index in [4.69, 9.17) is 5.11 Å². The van der Waals surface area contributed by atoms with Crippen LogP contribution in [0.1, 0.15) is 12.5 Å². The van der Waals surface area contributed by atoms with Gasteiger partial charge in [-0.2, -0.15) is 0 Å². The van der Waals surface area contributed by atoms with Crippen molar-refractivity contribution in [3.63, 3.8) is 0 Å². The van der Waals surface area contributed by atoms with Gasteiger partial charge in [0.25, 0.3) is 0 Å². The van der Waals surface area contributed by atoms with Gasteiger partial charge >= 0.3 is 0 Å². The second-order valence-electron chi connectivity index (χ2n) is 5.50. The number of carbonyl (C=O) groups is 2. The highest BCUT2D eigenvalue weighted by molar-refractivity contribution is 5.92. The van der Waals surface area contributed by atoms with E-state index in [-0.39, 0.29) is 11.7 Å². The molecule has 2 aromatic rings. The van der Waals surface area contributed by atoms with Crippen molar-refractivity contribution >= 4 is 23.2 Å². The summed E-state index contributed by atoms with van der Waals surface area (Å²) in [5.41, 5.74) is 1.97. The molecule has 0 fully saturated rings. The van der Waals surface area contributed by atoms with Crippen molar-refractivity contribution in [2.24, 2.45) is 0 Å². The Bertz CT molecular complexity index is 735. The van der Waals surface area contributed by atoms with Crippen molar-refractivity contribution in [2.45, 2.75) is 19.5 Å². The van der Waals surface area contributed by atoms with Crippen molar-refractivity contribution in [1.29, 1.82) is 0 Å². The standard InChI is InChI=1S/C18H20FN3O3/c1-12(18(25)20-10-13-5-7-14(19)8-6-13)21-15-3-2-4-16(9-15)22-17(24)11-23/h2-9,12,21,23H,10-11H2,1H3,(H,20,25)(H,22,24)/t12-/m0/s1. The largest absolute Gasteiger partial charge is 0.387 e. The number of carbonyl (C=O) groups excluding carboxylic acids is 2. The number of hydrogen-bond acceptors (Lipinski definition) is 4. The molecule has 0 bridgehead atoms. The van der Waals surface area contributed by atoms with E-state index in [1.165, 1.54) is 12.1 Å². The molecule has 2 rings (SSSR count). The Hall–Kier alpha value is -2.93. The molecule has 0 radical (unpaired) electrons. The van der Waals surface area contributed by atoms with Crippen molar-refractivity contribution < 1.29 is 19.1 Å². The number of amides is 2. The van der Waals surface area contributed by atoms with E-state index in [9.17, 15) is 14.0 Å². The lowest BCUT2D eigenvalue weighted by Crippen LogP contribution is -2.37. The maximum atomic E-state index is 12.9. The molecule has 4 N–H and O–H groups in total. The van der Waals surface area contributed by atoms with Gasteiger partial charge in [-0.1, -0.05) is 18.2 Å². The van der Waals surface area contributed by atoms with Crippen LogP contribution in [0.5, 0.6) is 0 Å². The quantitative estimate of drug-likeness (QED) is 0.617. The van der Waals surface area contributed by atoms with Gasteiger partial charge in [-0.3, -0.25) is 9.59 Å². The average Bonchev–Trinajstić information content (AvgIpc) is 2.61. The van der Waals surface area contributed by atoms with Gasteiger partial charge in [-0.05, 0) is 42.8 Å². The summed E-state index contributed by atoms with van der Waals surface area (Å²) < 4.78 is 12.9. The highest BCUT2D eigenvalue weighted by Crippen LogP contribution is 2.16. The first-order valence-corrected chi connectivity index (χ1v) is 7.77. The Morgan fingerprint density at radius 2 is 1.80 bits per heavy atom. The fourth-order valence-corrected chi connectivity index (χ4v) is 2.15. The minimum Gasteiger partial charge on any atom is -0.387 e. The van der Waals surface area contributed by atoms with Crippen LogP contribution in [0, 0.1) is 5.82 Å². The number of hydrogen-bond donors (Lipinski definition) is 4. The van der Waals surface area contributed by atoms with E-state index in [1.807, 2.05) is 0 Å². The Kier molecular flexibility index (Phi) is 6.47. The third-order valence-corrected chi connectivity index (χ3v) is 3.45. The summed E-state index contributed by atoms with van der Waals surface area (Å²) in [6.45, 7) is 1.41. The van der Waals surface area contributed by atoms with Gasteiger partial charge in [0, 0.05) is 17.9 Å². The maximum Gasteiger partial charge on any atom is 0.250 e. The first kappa shape index (κ1) is 18.4. The number of halogens is 1. The molecule has 0 saturated carbocycles. The molecule has 2 amide bonds. The number of aliphatic hydroxyl groups is 1. The van der Waals surface area contributed by atoms with Crippen LogP contribution in [-0.4, -0.2) is 29.6 Å². The molecule has 0 aromatic heterocycles. The van der Waals surface area contributed by atoms with Crippen LogP contribution in [0.25, 0.3) is 0 Å². The number of aliphatic hydroxyl groups excluding tert-OH is 1. The monoisotopic (exact) mass is 345 g/mol. The van der Waals surface area contributed by atoms with Crippen LogP contribution in [0.15, 0.2) is 48.5 Å². The van der Waals surface area contributed by atoms with Gasteiger partial charge in [-0.15, -0.1) is 0 Å². The van der Waals surface area contributed by atoms with Crippen LogP contribution in [-0.2, 0) is 16.1 Å². The smallest absolute Gasteiger partial charge is 0.250 e. The van der Waals surface area contributed by atoms with Crippen molar-refractivity contribution in [1.82, 2.24) is 5.32 Å². The Morgan fingerprint density at radius 3 is 2.48 bits per heavy atom. The van der Waals surface area contributed by atoms with Crippen molar-refractivity contribution in [3.05, 3.63) is 59.9 Å². The Morgan fingerprint density at radius 1 is 1.12 bits per heavy atom. The van der Waals surface area contributed by atoms with E-state index < -0.39 is 18.6 Å². The van der Waals surface area contributed by atoms with Crippen LogP contribution >= 0.6 is 0 Å².